The highest BCUT2D eigenvalue weighted by molar-refractivity contribution is 5.99. The number of hydrogen-bond acceptors (Lipinski definition) is 4. The minimum atomic E-state index is -0.204. The van der Waals surface area contributed by atoms with Crippen LogP contribution < -0.4 is 4.74 Å². The predicted octanol–water partition coefficient (Wildman–Crippen LogP) is 2.87. The summed E-state index contributed by atoms with van der Waals surface area (Å²) in [6.45, 7) is 3.21. The maximum absolute atomic E-state index is 12.9. The number of hydrogen-bond donors (Lipinski definition) is 1. The van der Waals surface area contributed by atoms with Crippen molar-refractivity contribution in [3.8, 4) is 5.88 Å². The molecule has 1 heterocycles. The number of aliphatic hydroxyl groups excluding tert-OH is 1. The maximum Gasteiger partial charge on any atom is 0.259 e. The molecular weight excluding hydrogens is 304 g/mol. The van der Waals surface area contributed by atoms with E-state index >= 15 is 0 Å². The van der Waals surface area contributed by atoms with E-state index < -0.39 is 0 Å². The number of carbonyl (C=O) groups excluding carboxylic acids is 1. The van der Waals surface area contributed by atoms with Crippen LogP contribution in [0.15, 0.2) is 30.3 Å². The van der Waals surface area contributed by atoms with Gasteiger partial charge in [0.05, 0.1) is 18.2 Å². The van der Waals surface area contributed by atoms with E-state index in [1.54, 1.807) is 11.9 Å². The predicted molar refractivity (Wildman–Crippen MR) is 93.2 cm³/mol. The van der Waals surface area contributed by atoms with Crippen LogP contribution in [0.2, 0.25) is 0 Å². The van der Waals surface area contributed by atoms with Gasteiger partial charge in [-0.25, -0.2) is 4.98 Å². The fourth-order valence-electron chi connectivity index (χ4n) is 3.09. The molecule has 1 amide bonds. The number of amides is 1. The first-order valence-electron chi connectivity index (χ1n) is 8.54. The van der Waals surface area contributed by atoms with Crippen LogP contribution in [0.3, 0.4) is 0 Å². The Kier molecular flexibility index (Phi) is 5.00. The summed E-state index contributed by atoms with van der Waals surface area (Å²) in [7, 11) is 1.80. The zero-order chi connectivity index (χ0) is 17.1. The van der Waals surface area contributed by atoms with Gasteiger partial charge in [0.1, 0.15) is 5.56 Å². The second-order valence-electron chi connectivity index (χ2n) is 6.56. The molecule has 1 aliphatic rings. The topological polar surface area (TPSA) is 62.7 Å². The van der Waals surface area contributed by atoms with E-state index in [0.29, 0.717) is 30.5 Å². The minimum absolute atomic E-state index is 0.0826. The fourth-order valence-corrected chi connectivity index (χ4v) is 3.09. The van der Waals surface area contributed by atoms with Crippen LogP contribution in [0, 0.1) is 5.92 Å². The first-order chi connectivity index (χ1) is 11.6. The molecule has 0 spiro atoms. The standard InChI is InChI=1S/C19H24N2O3/c1-3-8-24-18-16(11-14-6-4-5-7-17(14)20-18)19(23)21(2)12-13-9-15(22)10-13/h4-7,11,13,15,22H,3,8-10,12H2,1-2H3. The third kappa shape index (κ3) is 3.51. The van der Waals surface area contributed by atoms with E-state index in [2.05, 4.69) is 4.98 Å². The first-order valence-corrected chi connectivity index (χ1v) is 8.54. The Bertz CT molecular complexity index is 726. The molecule has 128 valence electrons. The quantitative estimate of drug-likeness (QED) is 0.886. The molecule has 2 aromatic rings. The summed E-state index contributed by atoms with van der Waals surface area (Å²) in [5.74, 6) is 0.698. The second kappa shape index (κ2) is 7.18. The van der Waals surface area contributed by atoms with Crippen molar-refractivity contribution in [2.45, 2.75) is 32.3 Å². The zero-order valence-corrected chi connectivity index (χ0v) is 14.2. The molecule has 1 aliphatic carbocycles. The molecule has 0 aliphatic heterocycles. The number of para-hydroxylation sites is 1. The van der Waals surface area contributed by atoms with Gasteiger partial charge in [0.25, 0.3) is 5.91 Å². The number of rotatable bonds is 6. The Morgan fingerprint density at radius 1 is 1.38 bits per heavy atom. The van der Waals surface area contributed by atoms with Crippen molar-refractivity contribution in [1.82, 2.24) is 9.88 Å². The number of aromatic nitrogens is 1. The maximum atomic E-state index is 12.9. The Balaban J connectivity index is 1.85. The van der Waals surface area contributed by atoms with Gasteiger partial charge in [-0.1, -0.05) is 25.1 Å². The fraction of sp³-hybridized carbons (Fsp3) is 0.474. The van der Waals surface area contributed by atoms with Crippen molar-refractivity contribution in [2.24, 2.45) is 5.92 Å². The molecule has 0 radical (unpaired) electrons. The second-order valence-corrected chi connectivity index (χ2v) is 6.56. The highest BCUT2D eigenvalue weighted by Gasteiger charge is 2.30. The number of pyridine rings is 1. The molecule has 5 nitrogen and oxygen atoms in total. The van der Waals surface area contributed by atoms with E-state index in [9.17, 15) is 9.90 Å². The van der Waals surface area contributed by atoms with Gasteiger partial charge in [-0.3, -0.25) is 4.79 Å². The first kappa shape index (κ1) is 16.7. The Morgan fingerprint density at radius 2 is 2.12 bits per heavy atom. The van der Waals surface area contributed by atoms with Gasteiger partial charge in [-0.15, -0.1) is 0 Å². The van der Waals surface area contributed by atoms with Gasteiger partial charge in [-0.05, 0) is 37.3 Å². The van der Waals surface area contributed by atoms with Gasteiger partial charge in [-0.2, -0.15) is 0 Å². The Labute approximate surface area is 142 Å². The van der Waals surface area contributed by atoms with Gasteiger partial charge in [0, 0.05) is 19.0 Å². The molecule has 1 fully saturated rings. The zero-order valence-electron chi connectivity index (χ0n) is 14.2. The molecule has 0 unspecified atom stereocenters. The number of ether oxygens (including phenoxy) is 1. The van der Waals surface area contributed by atoms with Gasteiger partial charge >= 0.3 is 0 Å². The molecule has 0 atom stereocenters. The highest BCUT2D eigenvalue weighted by Crippen LogP contribution is 2.29. The van der Waals surface area contributed by atoms with Crippen LogP contribution in [0.5, 0.6) is 5.88 Å². The summed E-state index contributed by atoms with van der Waals surface area (Å²) in [5, 5.41) is 10.3. The monoisotopic (exact) mass is 328 g/mol. The van der Waals surface area contributed by atoms with Crippen LogP contribution in [0.1, 0.15) is 36.5 Å². The molecule has 24 heavy (non-hydrogen) atoms. The summed E-state index contributed by atoms with van der Waals surface area (Å²) in [5.41, 5.74) is 1.33. The van der Waals surface area contributed by atoms with Crippen LogP contribution in [0.25, 0.3) is 10.9 Å². The Morgan fingerprint density at radius 3 is 2.83 bits per heavy atom. The van der Waals surface area contributed by atoms with Crippen molar-refractivity contribution in [3.05, 3.63) is 35.9 Å². The van der Waals surface area contributed by atoms with Crippen LogP contribution in [-0.4, -0.2) is 47.2 Å². The largest absolute Gasteiger partial charge is 0.477 e. The third-order valence-corrected chi connectivity index (χ3v) is 4.45. The molecule has 0 bridgehead atoms. The number of aliphatic hydroxyl groups is 1. The third-order valence-electron chi connectivity index (χ3n) is 4.45. The van der Waals surface area contributed by atoms with Crippen LogP contribution in [0.4, 0.5) is 0 Å². The van der Waals surface area contributed by atoms with Crippen LogP contribution in [-0.2, 0) is 0 Å². The number of nitrogens with zero attached hydrogens (tertiary/aromatic N) is 2. The molecule has 0 saturated heterocycles. The highest BCUT2D eigenvalue weighted by atomic mass is 16.5. The number of carbonyl (C=O) groups is 1. The summed E-state index contributed by atoms with van der Waals surface area (Å²) in [6, 6.07) is 9.59. The van der Waals surface area contributed by atoms with Gasteiger partial charge < -0.3 is 14.7 Å². The lowest BCUT2D eigenvalue weighted by molar-refractivity contribution is 0.0264. The molecule has 3 rings (SSSR count). The normalized spacial score (nSPS) is 19.8. The number of benzene rings is 1. The van der Waals surface area contributed by atoms with E-state index in [4.69, 9.17) is 4.74 Å². The lowest BCUT2D eigenvalue weighted by Gasteiger charge is -2.34. The van der Waals surface area contributed by atoms with Crippen molar-refractivity contribution in [3.63, 3.8) is 0 Å². The average Bonchev–Trinajstić information content (AvgIpc) is 2.57. The minimum Gasteiger partial charge on any atom is -0.477 e. The van der Waals surface area contributed by atoms with Crippen molar-refractivity contribution < 1.29 is 14.6 Å². The Hall–Kier alpha value is -2.14. The van der Waals surface area contributed by atoms with E-state index in [1.165, 1.54) is 0 Å². The van der Waals surface area contributed by atoms with Crippen molar-refractivity contribution in [1.29, 1.82) is 0 Å². The van der Waals surface area contributed by atoms with Crippen LogP contribution >= 0.6 is 0 Å². The number of fused-ring (bicyclic) bond motifs is 1. The summed E-state index contributed by atoms with van der Waals surface area (Å²) in [6.07, 6.45) is 2.20. The van der Waals surface area contributed by atoms with E-state index in [-0.39, 0.29) is 12.0 Å². The van der Waals surface area contributed by atoms with Gasteiger partial charge in [0.15, 0.2) is 0 Å². The molecule has 1 aromatic heterocycles. The average molecular weight is 328 g/mol. The van der Waals surface area contributed by atoms with Gasteiger partial charge in [0.2, 0.25) is 5.88 Å². The molecule has 1 aromatic carbocycles. The van der Waals surface area contributed by atoms with Crippen molar-refractivity contribution >= 4 is 16.8 Å². The lowest BCUT2D eigenvalue weighted by atomic mass is 9.82. The lowest BCUT2D eigenvalue weighted by Crippen LogP contribution is -2.39. The van der Waals surface area contributed by atoms with E-state index in [1.807, 2.05) is 37.3 Å². The molecule has 1 saturated carbocycles. The molecular formula is C19H24N2O3. The molecule has 1 N–H and O–H groups in total. The van der Waals surface area contributed by atoms with E-state index in [0.717, 1.165) is 30.2 Å². The van der Waals surface area contributed by atoms with Crippen molar-refractivity contribution in [2.75, 3.05) is 20.2 Å². The summed E-state index contributed by atoms with van der Waals surface area (Å²) in [4.78, 5) is 19.1. The summed E-state index contributed by atoms with van der Waals surface area (Å²) < 4.78 is 5.73. The smallest absolute Gasteiger partial charge is 0.259 e. The summed E-state index contributed by atoms with van der Waals surface area (Å²) >= 11 is 0. The SMILES string of the molecule is CCCOc1nc2ccccc2cc1C(=O)N(C)CC1CC(O)C1. The molecule has 5 heteroatoms.